The third kappa shape index (κ3) is 2.30. The number of pyridine rings is 1. The lowest BCUT2D eigenvalue weighted by Gasteiger charge is -2.06. The van der Waals surface area contributed by atoms with Crippen molar-refractivity contribution in [3.63, 3.8) is 0 Å². The number of hydrogen-bond acceptors (Lipinski definition) is 5. The van der Waals surface area contributed by atoms with E-state index in [-0.39, 0.29) is 0 Å². The summed E-state index contributed by atoms with van der Waals surface area (Å²) in [6.45, 7) is 2.01. The minimum Gasteiger partial charge on any atom is -0.439 e. The first-order chi connectivity index (χ1) is 9.22. The zero-order valence-electron chi connectivity index (χ0n) is 10.4. The van der Waals surface area contributed by atoms with E-state index in [2.05, 4.69) is 15.0 Å². The molecule has 0 bridgehead atoms. The van der Waals surface area contributed by atoms with E-state index >= 15 is 0 Å². The highest BCUT2D eigenvalue weighted by molar-refractivity contribution is 5.83. The van der Waals surface area contributed by atoms with Crippen LogP contribution in [0, 0.1) is 6.92 Å². The van der Waals surface area contributed by atoms with Crippen molar-refractivity contribution in [3.8, 4) is 11.6 Å². The van der Waals surface area contributed by atoms with Gasteiger partial charge in [-0.25, -0.2) is 15.0 Å². The van der Waals surface area contributed by atoms with Crippen molar-refractivity contribution in [2.45, 2.75) is 6.92 Å². The van der Waals surface area contributed by atoms with Crippen molar-refractivity contribution in [2.24, 2.45) is 0 Å². The fourth-order valence-corrected chi connectivity index (χ4v) is 1.80. The summed E-state index contributed by atoms with van der Waals surface area (Å²) in [5, 5.41) is 0. The van der Waals surface area contributed by atoms with E-state index in [4.69, 9.17) is 10.5 Å². The minimum atomic E-state index is 0.347. The molecular formula is C14H12N4O. The average molecular weight is 252 g/mol. The summed E-state index contributed by atoms with van der Waals surface area (Å²) in [4.78, 5) is 12.3. The van der Waals surface area contributed by atoms with E-state index in [1.807, 2.05) is 37.3 Å². The Balaban J connectivity index is 2.00. The highest BCUT2D eigenvalue weighted by atomic mass is 16.5. The Bertz CT molecular complexity index is 742. The zero-order valence-corrected chi connectivity index (χ0v) is 10.4. The van der Waals surface area contributed by atoms with E-state index in [9.17, 15) is 0 Å². The Labute approximate surface area is 110 Å². The summed E-state index contributed by atoms with van der Waals surface area (Å²) < 4.78 is 5.70. The Morgan fingerprint density at radius 3 is 2.84 bits per heavy atom. The standard InChI is InChI=1S/C14H12N4O/c1-9-3-2-4-10(7-9)19-12-6-5-11-13(18-12)14(15)17-8-16-11/h2-8H,1H3,(H2,15,16,17). The number of nitrogen functional groups attached to an aromatic ring is 1. The number of aryl methyl sites for hydroxylation is 1. The number of nitrogens with zero attached hydrogens (tertiary/aromatic N) is 3. The van der Waals surface area contributed by atoms with Crippen LogP contribution in [0.1, 0.15) is 5.56 Å². The molecule has 0 aliphatic rings. The fourth-order valence-electron chi connectivity index (χ4n) is 1.80. The predicted octanol–water partition coefficient (Wildman–Crippen LogP) is 2.71. The first-order valence-corrected chi connectivity index (χ1v) is 5.84. The van der Waals surface area contributed by atoms with Crippen molar-refractivity contribution in [2.75, 3.05) is 5.73 Å². The van der Waals surface area contributed by atoms with E-state index in [1.165, 1.54) is 6.33 Å². The van der Waals surface area contributed by atoms with Gasteiger partial charge in [0.1, 0.15) is 17.6 Å². The summed E-state index contributed by atoms with van der Waals surface area (Å²) in [6, 6.07) is 11.3. The third-order valence-electron chi connectivity index (χ3n) is 2.70. The first-order valence-electron chi connectivity index (χ1n) is 5.84. The van der Waals surface area contributed by atoms with Gasteiger partial charge in [0.2, 0.25) is 5.88 Å². The molecule has 3 aromatic rings. The fraction of sp³-hybridized carbons (Fsp3) is 0.0714. The van der Waals surface area contributed by atoms with Gasteiger partial charge in [0.25, 0.3) is 0 Å². The molecule has 2 N–H and O–H groups in total. The molecular weight excluding hydrogens is 240 g/mol. The van der Waals surface area contributed by atoms with E-state index in [0.29, 0.717) is 22.7 Å². The van der Waals surface area contributed by atoms with Gasteiger partial charge in [-0.2, -0.15) is 0 Å². The van der Waals surface area contributed by atoms with Gasteiger partial charge in [0.15, 0.2) is 5.82 Å². The number of fused-ring (bicyclic) bond motifs is 1. The van der Waals surface area contributed by atoms with Crippen LogP contribution in [0.2, 0.25) is 0 Å². The van der Waals surface area contributed by atoms with Gasteiger partial charge in [-0.05, 0) is 30.7 Å². The second kappa shape index (κ2) is 4.53. The molecule has 2 heterocycles. The van der Waals surface area contributed by atoms with Crippen LogP contribution in [0.3, 0.4) is 0 Å². The van der Waals surface area contributed by atoms with Crippen LogP contribution in [-0.4, -0.2) is 15.0 Å². The molecule has 5 heteroatoms. The summed E-state index contributed by atoms with van der Waals surface area (Å²) in [5.41, 5.74) is 8.15. The number of nitrogens with two attached hydrogens (primary N) is 1. The molecule has 0 spiro atoms. The molecule has 0 saturated heterocycles. The molecule has 19 heavy (non-hydrogen) atoms. The zero-order chi connectivity index (χ0) is 13.2. The van der Waals surface area contributed by atoms with E-state index in [0.717, 1.165) is 11.3 Å². The van der Waals surface area contributed by atoms with Crippen LogP contribution in [0.5, 0.6) is 11.6 Å². The van der Waals surface area contributed by atoms with Gasteiger partial charge >= 0.3 is 0 Å². The lowest BCUT2D eigenvalue weighted by atomic mass is 10.2. The summed E-state index contributed by atoms with van der Waals surface area (Å²) in [5.74, 6) is 1.56. The smallest absolute Gasteiger partial charge is 0.220 e. The topological polar surface area (TPSA) is 73.9 Å². The van der Waals surface area contributed by atoms with E-state index in [1.54, 1.807) is 6.07 Å². The molecule has 0 fully saturated rings. The second-order valence-corrected chi connectivity index (χ2v) is 4.19. The monoisotopic (exact) mass is 252 g/mol. The molecule has 1 aromatic carbocycles. The van der Waals surface area contributed by atoms with Crippen LogP contribution in [-0.2, 0) is 0 Å². The van der Waals surface area contributed by atoms with Gasteiger partial charge in [-0.15, -0.1) is 0 Å². The molecule has 0 atom stereocenters. The number of ether oxygens (including phenoxy) is 1. The number of aromatic nitrogens is 3. The molecule has 5 nitrogen and oxygen atoms in total. The van der Waals surface area contributed by atoms with Gasteiger partial charge in [0, 0.05) is 6.07 Å². The van der Waals surface area contributed by atoms with Gasteiger partial charge in [-0.3, -0.25) is 0 Å². The predicted molar refractivity (Wildman–Crippen MR) is 73.0 cm³/mol. The Hall–Kier alpha value is -2.69. The Morgan fingerprint density at radius 1 is 1.11 bits per heavy atom. The lowest BCUT2D eigenvalue weighted by molar-refractivity contribution is 0.464. The summed E-state index contributed by atoms with van der Waals surface area (Å²) in [7, 11) is 0. The Kier molecular flexibility index (Phi) is 2.72. The number of hydrogen-bond donors (Lipinski definition) is 1. The summed E-state index contributed by atoms with van der Waals surface area (Å²) in [6.07, 6.45) is 1.42. The Morgan fingerprint density at radius 2 is 2.00 bits per heavy atom. The second-order valence-electron chi connectivity index (χ2n) is 4.19. The molecule has 0 unspecified atom stereocenters. The maximum Gasteiger partial charge on any atom is 0.220 e. The quantitative estimate of drug-likeness (QED) is 0.759. The molecule has 0 amide bonds. The van der Waals surface area contributed by atoms with Crippen LogP contribution in [0.25, 0.3) is 11.0 Å². The minimum absolute atomic E-state index is 0.347. The highest BCUT2D eigenvalue weighted by Crippen LogP contribution is 2.23. The normalized spacial score (nSPS) is 10.6. The lowest BCUT2D eigenvalue weighted by Crippen LogP contribution is -1.96. The third-order valence-corrected chi connectivity index (χ3v) is 2.70. The molecule has 0 aliphatic carbocycles. The van der Waals surface area contributed by atoms with Crippen molar-refractivity contribution in [1.82, 2.24) is 15.0 Å². The van der Waals surface area contributed by atoms with Crippen molar-refractivity contribution in [3.05, 3.63) is 48.3 Å². The van der Waals surface area contributed by atoms with Crippen molar-refractivity contribution >= 4 is 16.9 Å². The molecule has 2 aromatic heterocycles. The highest BCUT2D eigenvalue weighted by Gasteiger charge is 2.05. The number of rotatable bonds is 2. The maximum absolute atomic E-state index is 5.77. The number of benzene rings is 1. The molecule has 94 valence electrons. The largest absolute Gasteiger partial charge is 0.439 e. The first kappa shape index (κ1) is 11.4. The summed E-state index contributed by atoms with van der Waals surface area (Å²) >= 11 is 0. The van der Waals surface area contributed by atoms with Gasteiger partial charge < -0.3 is 10.5 Å². The van der Waals surface area contributed by atoms with Gasteiger partial charge in [-0.1, -0.05) is 12.1 Å². The molecule has 3 rings (SSSR count). The molecule has 0 saturated carbocycles. The molecule has 0 radical (unpaired) electrons. The number of anilines is 1. The van der Waals surface area contributed by atoms with Crippen LogP contribution >= 0.6 is 0 Å². The van der Waals surface area contributed by atoms with Crippen LogP contribution < -0.4 is 10.5 Å². The van der Waals surface area contributed by atoms with Crippen LogP contribution in [0.4, 0.5) is 5.82 Å². The molecule has 0 aliphatic heterocycles. The van der Waals surface area contributed by atoms with Gasteiger partial charge in [0.05, 0.1) is 5.52 Å². The van der Waals surface area contributed by atoms with Crippen LogP contribution in [0.15, 0.2) is 42.7 Å². The maximum atomic E-state index is 5.77. The van der Waals surface area contributed by atoms with E-state index < -0.39 is 0 Å². The average Bonchev–Trinajstić information content (AvgIpc) is 2.40. The van der Waals surface area contributed by atoms with Crippen molar-refractivity contribution in [1.29, 1.82) is 0 Å². The SMILES string of the molecule is Cc1cccc(Oc2ccc3ncnc(N)c3n2)c1. The van der Waals surface area contributed by atoms with Crippen molar-refractivity contribution < 1.29 is 4.74 Å².